The van der Waals surface area contributed by atoms with Gasteiger partial charge in [-0.2, -0.15) is 4.98 Å². The molecule has 3 N–H and O–H groups in total. The molecule has 0 spiro atoms. The first-order chi connectivity index (χ1) is 18.6. The Morgan fingerprint density at radius 3 is 2.74 bits per heavy atom. The van der Waals surface area contributed by atoms with Crippen LogP contribution >= 0.6 is 27.9 Å². The Kier molecular flexibility index (Phi) is 8.30. The standard InChI is InChI=1S/C26H30BrN9OS/c1-35(38-3)24-21(6-5-20-23(24)30-9-8-29-20)33-25-19(27)16-32-26(34-25)31-15-17-14-18(4-7-22(17)37-2)36-12-10-28-11-13-36/h4-9,14,16,28H,10-13,15H2,1-3H3,(H2,31,32,33,34). The molecule has 0 saturated carbocycles. The number of rotatable bonds is 9. The van der Waals surface area contributed by atoms with E-state index in [1.165, 1.54) is 5.69 Å². The van der Waals surface area contributed by atoms with E-state index < -0.39 is 0 Å². The number of halogens is 1. The largest absolute Gasteiger partial charge is 0.496 e. The van der Waals surface area contributed by atoms with Crippen molar-refractivity contribution in [1.29, 1.82) is 0 Å². The number of anilines is 5. The van der Waals surface area contributed by atoms with E-state index in [-0.39, 0.29) is 0 Å². The fourth-order valence-corrected chi connectivity index (χ4v) is 5.06. The van der Waals surface area contributed by atoms with Crippen LogP contribution in [0.2, 0.25) is 0 Å². The highest BCUT2D eigenvalue weighted by Gasteiger charge is 2.17. The normalized spacial score (nSPS) is 13.4. The molecule has 1 fully saturated rings. The first kappa shape index (κ1) is 26.3. The van der Waals surface area contributed by atoms with Crippen LogP contribution in [0.15, 0.2) is 53.4 Å². The quantitative estimate of drug-likeness (QED) is 0.235. The van der Waals surface area contributed by atoms with Crippen molar-refractivity contribution in [2.45, 2.75) is 6.54 Å². The summed E-state index contributed by atoms with van der Waals surface area (Å²) in [5, 5.41) is 10.2. The lowest BCUT2D eigenvalue weighted by Gasteiger charge is -2.30. The van der Waals surface area contributed by atoms with Crippen molar-refractivity contribution in [3.63, 3.8) is 0 Å². The maximum Gasteiger partial charge on any atom is 0.224 e. The van der Waals surface area contributed by atoms with E-state index >= 15 is 0 Å². The topological polar surface area (TPSA) is 103 Å². The molecule has 12 heteroatoms. The molecular weight excluding hydrogens is 566 g/mol. The monoisotopic (exact) mass is 595 g/mol. The minimum absolute atomic E-state index is 0.505. The number of nitrogens with one attached hydrogen (secondary N) is 3. The van der Waals surface area contributed by atoms with Gasteiger partial charge < -0.3 is 29.9 Å². The number of nitrogens with zero attached hydrogens (tertiary/aromatic N) is 6. The molecule has 0 aliphatic carbocycles. The summed E-state index contributed by atoms with van der Waals surface area (Å²) in [6.07, 6.45) is 7.17. The Hall–Kier alpha value is -3.35. The number of hydrogen-bond acceptors (Lipinski definition) is 11. The van der Waals surface area contributed by atoms with Gasteiger partial charge in [-0.3, -0.25) is 9.97 Å². The average molecular weight is 597 g/mol. The second-order valence-electron chi connectivity index (χ2n) is 8.67. The smallest absolute Gasteiger partial charge is 0.224 e. The van der Waals surface area contributed by atoms with Gasteiger partial charge in [-0.1, -0.05) is 11.9 Å². The summed E-state index contributed by atoms with van der Waals surface area (Å²) >= 11 is 5.19. The van der Waals surface area contributed by atoms with Crippen LogP contribution < -0.4 is 29.9 Å². The molecule has 1 aliphatic heterocycles. The molecule has 10 nitrogen and oxygen atoms in total. The first-order valence-electron chi connectivity index (χ1n) is 12.2. The summed E-state index contributed by atoms with van der Waals surface area (Å²) in [7, 11) is 3.70. The highest BCUT2D eigenvalue weighted by atomic mass is 79.9. The number of hydrogen-bond donors (Lipinski definition) is 3. The number of fused-ring (bicyclic) bond motifs is 1. The summed E-state index contributed by atoms with van der Waals surface area (Å²) < 4.78 is 8.44. The molecule has 198 valence electrons. The summed E-state index contributed by atoms with van der Waals surface area (Å²) in [6.45, 7) is 4.47. The Labute approximate surface area is 234 Å². The molecule has 0 unspecified atom stereocenters. The van der Waals surface area contributed by atoms with E-state index in [0.717, 1.165) is 64.4 Å². The minimum Gasteiger partial charge on any atom is -0.496 e. The first-order valence-corrected chi connectivity index (χ1v) is 14.2. The number of ether oxygens (including phenoxy) is 1. The van der Waals surface area contributed by atoms with Crippen molar-refractivity contribution in [3.8, 4) is 5.75 Å². The SMILES string of the molecule is COc1ccc(N2CCNCC2)cc1CNc1ncc(Br)c(Nc2ccc3nccnc3c2N(C)SC)n1. The lowest BCUT2D eigenvalue weighted by Crippen LogP contribution is -2.43. The lowest BCUT2D eigenvalue weighted by molar-refractivity contribution is 0.410. The third-order valence-electron chi connectivity index (χ3n) is 6.38. The highest BCUT2D eigenvalue weighted by molar-refractivity contribution is 9.10. The van der Waals surface area contributed by atoms with Crippen LogP contribution in [0.25, 0.3) is 11.0 Å². The molecule has 5 rings (SSSR count). The van der Waals surface area contributed by atoms with Gasteiger partial charge in [-0.05, 0) is 46.3 Å². The van der Waals surface area contributed by atoms with Gasteiger partial charge in [0.15, 0.2) is 0 Å². The minimum atomic E-state index is 0.505. The van der Waals surface area contributed by atoms with Gasteiger partial charge >= 0.3 is 0 Å². The van der Waals surface area contributed by atoms with E-state index in [1.54, 1.807) is 37.6 Å². The third-order valence-corrected chi connectivity index (χ3v) is 7.69. The Bertz CT molecular complexity index is 1420. The summed E-state index contributed by atoms with van der Waals surface area (Å²) in [4.78, 5) is 20.7. The van der Waals surface area contributed by atoms with Crippen molar-refractivity contribution in [2.24, 2.45) is 0 Å². The van der Waals surface area contributed by atoms with Gasteiger partial charge in [0.25, 0.3) is 0 Å². The molecule has 3 heterocycles. The zero-order chi connectivity index (χ0) is 26.5. The van der Waals surface area contributed by atoms with Crippen molar-refractivity contribution in [2.75, 3.05) is 66.4 Å². The van der Waals surface area contributed by atoms with Crippen LogP contribution in [0.1, 0.15) is 5.56 Å². The van der Waals surface area contributed by atoms with Crippen molar-refractivity contribution >= 4 is 67.7 Å². The molecule has 0 radical (unpaired) electrons. The predicted molar refractivity (Wildman–Crippen MR) is 160 cm³/mol. The maximum absolute atomic E-state index is 5.63. The number of aromatic nitrogens is 4. The number of benzene rings is 2. The fraction of sp³-hybridized carbons (Fsp3) is 0.308. The van der Waals surface area contributed by atoms with Gasteiger partial charge in [-0.15, -0.1) is 0 Å². The third kappa shape index (κ3) is 5.71. The fourth-order valence-electron chi connectivity index (χ4n) is 4.40. The van der Waals surface area contributed by atoms with E-state index in [9.17, 15) is 0 Å². The van der Waals surface area contributed by atoms with Crippen LogP contribution in [-0.4, -0.2) is 66.5 Å². The molecular formula is C26H30BrN9OS. The van der Waals surface area contributed by atoms with Crippen LogP contribution in [-0.2, 0) is 6.54 Å². The Balaban J connectivity index is 1.39. The summed E-state index contributed by atoms with van der Waals surface area (Å²) in [5.41, 5.74) is 5.67. The molecule has 1 saturated heterocycles. The van der Waals surface area contributed by atoms with Crippen molar-refractivity contribution in [1.82, 2.24) is 25.3 Å². The molecule has 0 bridgehead atoms. The molecule has 0 amide bonds. The number of methoxy groups -OCH3 is 1. The van der Waals surface area contributed by atoms with Crippen LogP contribution in [0.3, 0.4) is 0 Å². The summed E-state index contributed by atoms with van der Waals surface area (Å²) in [6, 6.07) is 10.3. The molecule has 0 atom stereocenters. The van der Waals surface area contributed by atoms with Gasteiger partial charge in [0, 0.05) is 75.9 Å². The zero-order valence-corrected chi connectivity index (χ0v) is 23.9. The van der Waals surface area contributed by atoms with Gasteiger partial charge in [0.2, 0.25) is 5.95 Å². The maximum atomic E-state index is 5.63. The van der Waals surface area contributed by atoms with Gasteiger partial charge in [-0.25, -0.2) is 4.98 Å². The average Bonchev–Trinajstić information content (AvgIpc) is 2.97. The predicted octanol–water partition coefficient (Wildman–Crippen LogP) is 4.67. The highest BCUT2D eigenvalue weighted by Crippen LogP contribution is 2.37. The molecule has 1 aliphatic rings. The molecule has 4 aromatic rings. The number of piperazine rings is 1. The molecule has 2 aromatic heterocycles. The van der Waals surface area contributed by atoms with Crippen LogP contribution in [0.5, 0.6) is 5.75 Å². The van der Waals surface area contributed by atoms with Crippen LogP contribution in [0, 0.1) is 0 Å². The van der Waals surface area contributed by atoms with Crippen molar-refractivity contribution in [3.05, 3.63) is 59.0 Å². The molecule has 38 heavy (non-hydrogen) atoms. The van der Waals surface area contributed by atoms with Crippen LogP contribution in [0.4, 0.5) is 28.8 Å². The van der Waals surface area contributed by atoms with Gasteiger partial charge in [0.05, 0.1) is 28.5 Å². The van der Waals surface area contributed by atoms with E-state index in [0.29, 0.717) is 18.3 Å². The van der Waals surface area contributed by atoms with E-state index in [2.05, 4.69) is 68.2 Å². The second kappa shape index (κ2) is 12.0. The molecule has 2 aromatic carbocycles. The Morgan fingerprint density at radius 1 is 1.13 bits per heavy atom. The van der Waals surface area contributed by atoms with Crippen molar-refractivity contribution < 1.29 is 4.74 Å². The lowest BCUT2D eigenvalue weighted by atomic mass is 10.1. The second-order valence-corrected chi connectivity index (χ2v) is 10.4. The van der Waals surface area contributed by atoms with E-state index in [1.807, 2.05) is 31.5 Å². The zero-order valence-electron chi connectivity index (χ0n) is 21.5. The Morgan fingerprint density at radius 2 is 1.95 bits per heavy atom. The summed E-state index contributed by atoms with van der Waals surface area (Å²) in [5.74, 6) is 1.97. The van der Waals surface area contributed by atoms with Gasteiger partial charge in [0.1, 0.15) is 17.1 Å². The van der Waals surface area contributed by atoms with E-state index in [4.69, 9.17) is 9.72 Å².